The van der Waals surface area contributed by atoms with E-state index >= 15 is 0 Å². The Hall–Kier alpha value is -2.90. The Morgan fingerprint density at radius 3 is 2.62 bits per heavy atom. The SMILES string of the molecule is CN=C/C(=C(/C)N)S(=O)NC(=O)c1ccc(-n2ccc(OCCCS(C)(C)C)n2)nc1N1C[C@@H](C)CC1(C)C.O.[HH]. The molecule has 0 bridgehead atoms. The van der Waals surface area contributed by atoms with E-state index in [1.165, 1.54) is 6.21 Å². The number of aliphatic imine (C=N–C) groups is 1. The number of nitrogens with zero attached hydrogens (tertiary/aromatic N) is 5. The van der Waals surface area contributed by atoms with Crippen LogP contribution in [0.3, 0.4) is 0 Å². The monoisotopic (exact) mass is 597 g/mol. The van der Waals surface area contributed by atoms with Crippen LogP contribution in [0.2, 0.25) is 0 Å². The number of pyridine rings is 1. The second kappa shape index (κ2) is 13.6. The van der Waals surface area contributed by atoms with E-state index in [0.717, 1.165) is 25.1 Å². The van der Waals surface area contributed by atoms with E-state index in [2.05, 4.69) is 59.3 Å². The summed E-state index contributed by atoms with van der Waals surface area (Å²) in [7, 11) is -0.883. The molecule has 1 amide bonds. The van der Waals surface area contributed by atoms with Gasteiger partial charge >= 0.3 is 0 Å². The molecule has 40 heavy (non-hydrogen) atoms. The zero-order valence-corrected chi connectivity index (χ0v) is 26.5. The first-order valence-corrected chi connectivity index (χ1v) is 17.1. The molecule has 1 aliphatic heterocycles. The first-order chi connectivity index (χ1) is 18.2. The maximum absolute atomic E-state index is 13.4. The molecule has 1 saturated heterocycles. The quantitative estimate of drug-likeness (QED) is 0.297. The van der Waals surface area contributed by atoms with Crippen LogP contribution >= 0.6 is 10.0 Å². The molecule has 11 nitrogen and oxygen atoms in total. The standard InChI is InChI=1S/C27H43N7O3S2.H2O.H2/c1-19-16-27(3,4)33(18-19)25-21(26(35)32-38(36)22(17-29-5)20(2)28)10-11-23(30-25)34-13-12-24(31-34)37-14-9-15-39(6,7)8;;/h10-13,17,19H,9,14-16,18,28H2,1-8H3,(H,32,35);1H2;1H/b22-20+,29-17?;;/t19-,38?;;/m0../s1. The second-order valence-corrected chi connectivity index (χ2v) is 17.3. The van der Waals surface area contributed by atoms with Crippen molar-refractivity contribution in [3.05, 3.63) is 40.6 Å². The average Bonchev–Trinajstić information content (AvgIpc) is 3.41. The van der Waals surface area contributed by atoms with Gasteiger partial charge in [0.15, 0.2) is 16.8 Å². The van der Waals surface area contributed by atoms with Gasteiger partial charge in [0.2, 0.25) is 5.88 Å². The lowest BCUT2D eigenvalue weighted by atomic mass is 9.97. The summed E-state index contributed by atoms with van der Waals surface area (Å²) >= 11 is 0. The van der Waals surface area contributed by atoms with Gasteiger partial charge in [-0.3, -0.25) is 14.5 Å². The lowest BCUT2D eigenvalue weighted by Crippen LogP contribution is -2.40. The Kier molecular flexibility index (Phi) is 11.4. The summed E-state index contributed by atoms with van der Waals surface area (Å²) in [5.41, 5.74) is 6.29. The van der Waals surface area contributed by atoms with Crippen molar-refractivity contribution in [2.75, 3.05) is 49.6 Å². The zero-order chi connectivity index (χ0) is 29.0. The molecule has 13 heteroatoms. The van der Waals surface area contributed by atoms with Crippen LogP contribution in [0.15, 0.2) is 40.0 Å². The van der Waals surface area contributed by atoms with Crippen LogP contribution < -0.4 is 20.1 Å². The maximum Gasteiger partial charge on any atom is 0.266 e. The number of amides is 1. The Bertz CT molecular complexity index is 1270. The molecule has 1 fully saturated rings. The number of nitrogens with two attached hydrogens (primary N) is 1. The van der Waals surface area contributed by atoms with Crippen LogP contribution in [0.1, 0.15) is 52.3 Å². The molecule has 0 spiro atoms. The van der Waals surface area contributed by atoms with Crippen molar-refractivity contribution in [3.63, 3.8) is 0 Å². The molecule has 3 heterocycles. The molecule has 2 aromatic rings. The van der Waals surface area contributed by atoms with Gasteiger partial charge in [-0.1, -0.05) is 6.92 Å². The van der Waals surface area contributed by atoms with Gasteiger partial charge in [-0.05, 0) is 76.2 Å². The molecule has 5 N–H and O–H groups in total. The fourth-order valence-electron chi connectivity index (χ4n) is 4.70. The van der Waals surface area contributed by atoms with Crippen LogP contribution in [0.25, 0.3) is 5.82 Å². The van der Waals surface area contributed by atoms with Crippen molar-refractivity contribution < 1.29 is 20.6 Å². The Labute approximate surface area is 243 Å². The molecule has 0 radical (unpaired) electrons. The fourth-order valence-corrected chi connectivity index (χ4v) is 6.56. The highest BCUT2D eigenvalue weighted by Crippen LogP contribution is 2.38. The lowest BCUT2D eigenvalue weighted by Gasteiger charge is -2.34. The summed E-state index contributed by atoms with van der Waals surface area (Å²) in [5, 5.41) is 4.56. The van der Waals surface area contributed by atoms with Gasteiger partial charge in [-0.2, -0.15) is 0 Å². The van der Waals surface area contributed by atoms with Gasteiger partial charge in [0, 0.05) is 44.7 Å². The van der Waals surface area contributed by atoms with E-state index in [1.54, 1.807) is 37.0 Å². The minimum atomic E-state index is -1.88. The zero-order valence-electron chi connectivity index (χ0n) is 24.9. The summed E-state index contributed by atoms with van der Waals surface area (Å²) in [6.45, 7) is 9.43. The average molecular weight is 598 g/mol. The summed E-state index contributed by atoms with van der Waals surface area (Å²) in [6, 6.07) is 5.24. The predicted octanol–water partition coefficient (Wildman–Crippen LogP) is 3.06. The largest absolute Gasteiger partial charge is 0.477 e. The Balaban J connectivity index is 0.00000420. The molecular weight excluding hydrogens is 550 g/mol. The normalized spacial score (nSPS) is 18.7. The number of carbonyl (C=O) groups excluding carboxylic acids is 1. The minimum absolute atomic E-state index is 0. The van der Waals surface area contributed by atoms with E-state index in [4.69, 9.17) is 15.5 Å². The van der Waals surface area contributed by atoms with Crippen molar-refractivity contribution in [3.8, 4) is 11.7 Å². The number of anilines is 1. The summed E-state index contributed by atoms with van der Waals surface area (Å²) in [4.78, 5) is 24.6. The molecule has 0 aromatic carbocycles. The van der Waals surface area contributed by atoms with Gasteiger partial charge in [-0.15, -0.1) is 5.10 Å². The molecule has 0 saturated carbocycles. The topological polar surface area (TPSA) is 159 Å². The van der Waals surface area contributed by atoms with E-state index < -0.39 is 26.9 Å². The van der Waals surface area contributed by atoms with Gasteiger partial charge < -0.3 is 20.8 Å². The van der Waals surface area contributed by atoms with Crippen LogP contribution in [-0.4, -0.2) is 86.8 Å². The Morgan fingerprint density at radius 1 is 1.35 bits per heavy atom. The fraction of sp³-hybridized carbons (Fsp3) is 0.556. The Morgan fingerprint density at radius 2 is 2.05 bits per heavy atom. The molecule has 1 unspecified atom stereocenters. The highest BCUT2D eigenvalue weighted by atomic mass is 32.3. The van der Waals surface area contributed by atoms with Gasteiger partial charge in [-0.25, -0.2) is 23.9 Å². The number of allylic oxidation sites excluding steroid dienone is 2. The second-order valence-electron chi connectivity index (χ2n) is 11.5. The minimum Gasteiger partial charge on any atom is -0.477 e. The number of ether oxygens (including phenoxy) is 1. The van der Waals surface area contributed by atoms with Gasteiger partial charge in [0.05, 0.1) is 17.1 Å². The summed E-state index contributed by atoms with van der Waals surface area (Å²) in [5.74, 6) is 2.66. The van der Waals surface area contributed by atoms with Crippen LogP contribution in [0.5, 0.6) is 5.88 Å². The van der Waals surface area contributed by atoms with Crippen molar-refractivity contribution in [2.45, 2.75) is 46.1 Å². The molecule has 2 atom stereocenters. The molecular formula is C27H47N7O4S2. The van der Waals surface area contributed by atoms with Crippen molar-refractivity contribution in [1.82, 2.24) is 19.5 Å². The number of hydrogen-bond acceptors (Lipinski definition) is 8. The van der Waals surface area contributed by atoms with Crippen LogP contribution in [0.4, 0.5) is 5.82 Å². The molecule has 3 rings (SSSR count). The van der Waals surface area contributed by atoms with E-state index in [1.807, 2.05) is 6.07 Å². The first-order valence-electron chi connectivity index (χ1n) is 13.0. The third kappa shape index (κ3) is 8.55. The third-order valence-corrected chi connectivity index (χ3v) is 9.12. The highest BCUT2D eigenvalue weighted by Gasteiger charge is 2.39. The van der Waals surface area contributed by atoms with Crippen molar-refractivity contribution in [2.24, 2.45) is 16.6 Å². The summed E-state index contributed by atoms with van der Waals surface area (Å²) in [6.07, 6.45) is 12.0. The van der Waals surface area contributed by atoms with Crippen molar-refractivity contribution >= 4 is 39.0 Å². The molecule has 226 valence electrons. The maximum atomic E-state index is 13.4. The third-order valence-electron chi connectivity index (χ3n) is 6.40. The van der Waals surface area contributed by atoms with E-state index in [-0.39, 0.29) is 17.3 Å². The number of rotatable bonds is 11. The van der Waals surface area contributed by atoms with Crippen molar-refractivity contribution in [1.29, 1.82) is 0 Å². The highest BCUT2D eigenvalue weighted by molar-refractivity contribution is 8.32. The number of hydrogen-bond donors (Lipinski definition) is 2. The van der Waals surface area contributed by atoms with Gasteiger partial charge in [0.25, 0.3) is 5.91 Å². The van der Waals surface area contributed by atoms with Crippen LogP contribution in [0, 0.1) is 5.92 Å². The van der Waals surface area contributed by atoms with Gasteiger partial charge in [0.1, 0.15) is 5.82 Å². The predicted molar refractivity (Wildman–Crippen MR) is 170 cm³/mol. The van der Waals surface area contributed by atoms with E-state index in [9.17, 15) is 9.00 Å². The van der Waals surface area contributed by atoms with E-state index in [0.29, 0.717) is 41.3 Å². The number of aromatic nitrogens is 3. The number of nitrogens with one attached hydrogen (secondary N) is 1. The molecule has 0 aliphatic carbocycles. The molecule has 2 aromatic heterocycles. The number of carbonyl (C=O) groups is 1. The lowest BCUT2D eigenvalue weighted by molar-refractivity contribution is 0.0983. The first kappa shape index (κ1) is 33.3. The smallest absolute Gasteiger partial charge is 0.266 e. The van der Waals surface area contributed by atoms with Crippen LogP contribution in [-0.2, 0) is 11.0 Å². The molecule has 1 aliphatic rings. The summed E-state index contributed by atoms with van der Waals surface area (Å²) < 4.78 is 23.0.